The number of carbonyl (C=O) groups is 2. The lowest BCUT2D eigenvalue weighted by atomic mass is 10.0. The maximum absolute atomic E-state index is 11.9. The Kier molecular flexibility index (Phi) is 4.28. The molecule has 8 heteroatoms. The van der Waals surface area contributed by atoms with Crippen molar-refractivity contribution >= 4 is 22.7 Å². The Balaban J connectivity index is 2.13. The summed E-state index contributed by atoms with van der Waals surface area (Å²) in [5.74, 6) is -0.0957. The minimum absolute atomic E-state index is 0.0617. The van der Waals surface area contributed by atoms with Gasteiger partial charge in [-0.25, -0.2) is 9.97 Å². The van der Waals surface area contributed by atoms with E-state index in [4.69, 9.17) is 5.53 Å². The van der Waals surface area contributed by atoms with Crippen molar-refractivity contribution in [2.45, 2.75) is 20.3 Å². The van der Waals surface area contributed by atoms with Crippen molar-refractivity contribution < 1.29 is 9.59 Å². The summed E-state index contributed by atoms with van der Waals surface area (Å²) in [6.45, 7) is 3.25. The van der Waals surface area contributed by atoms with Crippen molar-refractivity contribution in [3.05, 3.63) is 58.6 Å². The van der Waals surface area contributed by atoms with Crippen LogP contribution in [0.5, 0.6) is 0 Å². The predicted molar refractivity (Wildman–Crippen MR) is 91.9 cm³/mol. The minimum atomic E-state index is -0.596. The number of aryl methyl sites for hydroxylation is 1. The lowest BCUT2D eigenvalue weighted by Gasteiger charge is -2.04. The average molecular weight is 334 g/mol. The van der Waals surface area contributed by atoms with Crippen molar-refractivity contribution in [1.82, 2.24) is 14.5 Å². The van der Waals surface area contributed by atoms with Crippen LogP contribution < -0.4 is 0 Å². The fourth-order valence-corrected chi connectivity index (χ4v) is 2.67. The largest absolute Gasteiger partial charge is 0.292 e. The van der Waals surface area contributed by atoms with E-state index in [1.54, 1.807) is 25.5 Å². The summed E-state index contributed by atoms with van der Waals surface area (Å²) in [7, 11) is 0. The minimum Gasteiger partial charge on any atom is -0.292 e. The molecule has 0 atom stereocenters. The molecule has 0 unspecified atom stereocenters. The molecule has 1 aromatic carbocycles. The lowest BCUT2D eigenvalue weighted by Crippen LogP contribution is -2.03. The molecule has 0 saturated carbocycles. The highest BCUT2D eigenvalue weighted by molar-refractivity contribution is 5.97. The number of benzene rings is 1. The maximum atomic E-state index is 11.9. The van der Waals surface area contributed by atoms with Gasteiger partial charge in [-0.15, -0.1) is 0 Å². The summed E-state index contributed by atoms with van der Waals surface area (Å²) in [5.41, 5.74) is 11.4. The number of nitrogens with zero attached hydrogens (tertiary/aromatic N) is 6. The molecule has 3 rings (SSSR count). The molecule has 124 valence electrons. The van der Waals surface area contributed by atoms with Crippen LogP contribution in [0.2, 0.25) is 0 Å². The molecule has 3 aromatic rings. The van der Waals surface area contributed by atoms with Gasteiger partial charge >= 0.3 is 0 Å². The van der Waals surface area contributed by atoms with Crippen molar-refractivity contribution in [1.29, 1.82) is 0 Å². The molecule has 0 aliphatic carbocycles. The third-order valence-electron chi connectivity index (χ3n) is 3.84. The van der Waals surface area contributed by atoms with Crippen LogP contribution in [0.1, 0.15) is 23.1 Å². The molecular formula is C17H14N6O2. The van der Waals surface area contributed by atoms with E-state index in [0.29, 0.717) is 16.9 Å². The van der Waals surface area contributed by atoms with E-state index in [-0.39, 0.29) is 12.3 Å². The molecule has 1 amide bonds. The number of amides is 1. The van der Waals surface area contributed by atoms with Crippen LogP contribution in [0.3, 0.4) is 0 Å². The van der Waals surface area contributed by atoms with Gasteiger partial charge in [0.1, 0.15) is 5.82 Å². The molecule has 0 N–H and O–H groups in total. The molecule has 0 saturated heterocycles. The SMILES string of the molecule is CC(=O)n1cc(CC(=O)N=[N+]=[N-])c2ccc(-c3cnc(C)nc3)cc21. The number of fused-ring (bicyclic) bond motifs is 1. The topological polar surface area (TPSA) is 114 Å². The normalized spacial score (nSPS) is 10.5. The van der Waals surface area contributed by atoms with Gasteiger partial charge in [0.2, 0.25) is 11.8 Å². The zero-order valence-electron chi connectivity index (χ0n) is 13.7. The summed E-state index contributed by atoms with van der Waals surface area (Å²) in [4.78, 5) is 34.4. The third-order valence-corrected chi connectivity index (χ3v) is 3.84. The van der Waals surface area contributed by atoms with E-state index in [9.17, 15) is 9.59 Å². The highest BCUT2D eigenvalue weighted by Crippen LogP contribution is 2.28. The standard InChI is InChI=1S/C17H14N6O2/c1-10-19-7-14(8-20-10)12-3-4-15-13(6-17(25)21-22-18)9-23(11(2)24)16(15)5-12/h3-5,7-9H,6H2,1-2H3. The second kappa shape index (κ2) is 6.54. The summed E-state index contributed by atoms with van der Waals surface area (Å²) >= 11 is 0. The maximum Gasteiger partial charge on any atom is 0.227 e. The van der Waals surface area contributed by atoms with Crippen LogP contribution in [0, 0.1) is 6.92 Å². The second-order valence-electron chi connectivity index (χ2n) is 5.55. The monoisotopic (exact) mass is 334 g/mol. The van der Waals surface area contributed by atoms with E-state index >= 15 is 0 Å². The average Bonchev–Trinajstić information content (AvgIpc) is 2.94. The zero-order valence-corrected chi connectivity index (χ0v) is 13.7. The van der Waals surface area contributed by atoms with Crippen LogP contribution >= 0.6 is 0 Å². The van der Waals surface area contributed by atoms with E-state index < -0.39 is 5.91 Å². The van der Waals surface area contributed by atoms with Crippen molar-refractivity contribution in [3.8, 4) is 11.1 Å². The molecule has 2 aromatic heterocycles. The van der Waals surface area contributed by atoms with Gasteiger partial charge in [-0.3, -0.25) is 14.2 Å². The van der Waals surface area contributed by atoms with E-state index in [2.05, 4.69) is 20.0 Å². The molecule has 0 fully saturated rings. The first-order valence-corrected chi connectivity index (χ1v) is 7.51. The Hall–Kier alpha value is -3.51. The van der Waals surface area contributed by atoms with Crippen molar-refractivity contribution in [2.75, 3.05) is 0 Å². The Morgan fingerprint density at radius 3 is 2.60 bits per heavy atom. The first-order valence-electron chi connectivity index (χ1n) is 7.51. The molecule has 0 spiro atoms. The van der Waals surface area contributed by atoms with Gasteiger partial charge in [0.05, 0.1) is 5.52 Å². The number of rotatable bonds is 3. The number of aromatic nitrogens is 3. The van der Waals surface area contributed by atoms with Crippen molar-refractivity contribution in [3.63, 3.8) is 0 Å². The van der Waals surface area contributed by atoms with Crippen LogP contribution in [0.15, 0.2) is 41.9 Å². The highest BCUT2D eigenvalue weighted by Gasteiger charge is 2.14. The molecule has 8 nitrogen and oxygen atoms in total. The summed E-state index contributed by atoms with van der Waals surface area (Å²) in [6, 6.07) is 5.57. The molecule has 2 heterocycles. The smallest absolute Gasteiger partial charge is 0.227 e. The summed E-state index contributed by atoms with van der Waals surface area (Å²) < 4.78 is 1.48. The Morgan fingerprint density at radius 1 is 1.24 bits per heavy atom. The second-order valence-corrected chi connectivity index (χ2v) is 5.55. The first-order chi connectivity index (χ1) is 12.0. The Bertz CT molecular complexity index is 1030. The van der Waals surface area contributed by atoms with Crippen LogP contribution in [0.4, 0.5) is 0 Å². The first kappa shape index (κ1) is 16.4. The highest BCUT2D eigenvalue weighted by atomic mass is 16.2. The quantitative estimate of drug-likeness (QED) is 0.414. The zero-order chi connectivity index (χ0) is 18.0. The lowest BCUT2D eigenvalue weighted by molar-refractivity contribution is -0.117. The van der Waals surface area contributed by atoms with Crippen molar-refractivity contribution in [2.24, 2.45) is 5.11 Å². The number of azide groups is 1. The van der Waals surface area contributed by atoms with E-state index in [0.717, 1.165) is 16.5 Å². The fourth-order valence-electron chi connectivity index (χ4n) is 2.67. The van der Waals surface area contributed by atoms with Gasteiger partial charge in [0.15, 0.2) is 0 Å². The predicted octanol–water partition coefficient (Wildman–Crippen LogP) is 3.45. The summed E-state index contributed by atoms with van der Waals surface area (Å²) in [5, 5.41) is 3.84. The van der Waals surface area contributed by atoms with Gasteiger partial charge in [-0.2, -0.15) is 0 Å². The number of hydrogen-bond donors (Lipinski definition) is 0. The van der Waals surface area contributed by atoms with E-state index in [1.807, 2.05) is 18.2 Å². The van der Waals surface area contributed by atoms with Gasteiger partial charge in [-0.05, 0) is 34.8 Å². The Morgan fingerprint density at radius 2 is 1.96 bits per heavy atom. The van der Waals surface area contributed by atoms with Gasteiger partial charge in [-0.1, -0.05) is 12.1 Å². The van der Waals surface area contributed by atoms with Gasteiger partial charge in [0, 0.05) is 47.8 Å². The molecular weight excluding hydrogens is 320 g/mol. The van der Waals surface area contributed by atoms with Crippen LogP contribution in [-0.4, -0.2) is 26.3 Å². The van der Waals surface area contributed by atoms with Crippen LogP contribution in [-0.2, 0) is 11.2 Å². The summed E-state index contributed by atoms with van der Waals surface area (Å²) in [6.07, 6.45) is 4.98. The molecule has 0 aliphatic heterocycles. The van der Waals surface area contributed by atoms with E-state index in [1.165, 1.54) is 11.5 Å². The third kappa shape index (κ3) is 3.24. The van der Waals surface area contributed by atoms with Gasteiger partial charge < -0.3 is 0 Å². The van der Waals surface area contributed by atoms with Gasteiger partial charge in [0.25, 0.3) is 0 Å². The molecule has 0 aliphatic rings. The van der Waals surface area contributed by atoms with Crippen LogP contribution in [0.25, 0.3) is 32.5 Å². The fraction of sp³-hybridized carbons (Fsp3) is 0.176. The number of carbonyl (C=O) groups excluding carboxylic acids is 2. The molecule has 0 bridgehead atoms. The Labute approximate surface area is 142 Å². The molecule has 25 heavy (non-hydrogen) atoms. The number of hydrogen-bond acceptors (Lipinski definition) is 4. The molecule has 0 radical (unpaired) electrons.